The molecule has 3 heteroatoms. The molecule has 1 saturated heterocycles. The van der Waals surface area contributed by atoms with Crippen LogP contribution in [0.25, 0.3) is 0 Å². The maximum Gasteiger partial charge on any atom is 0.298 e. The lowest BCUT2D eigenvalue weighted by atomic mass is 10.1. The molecule has 1 atom stereocenters. The van der Waals surface area contributed by atoms with Crippen LogP contribution in [0.3, 0.4) is 0 Å². The monoisotopic (exact) mass is 181 g/mol. The smallest absolute Gasteiger partial charge is 0.298 e. The fraction of sp³-hybridized carbons (Fsp3) is 0.700. The number of aliphatic hydroxyl groups is 1. The number of carbonyl (C=O) groups excluding carboxylic acids is 1. The van der Waals surface area contributed by atoms with Crippen LogP contribution >= 0.6 is 0 Å². The summed E-state index contributed by atoms with van der Waals surface area (Å²) >= 11 is 0. The van der Waals surface area contributed by atoms with Gasteiger partial charge in [0.15, 0.2) is 0 Å². The van der Waals surface area contributed by atoms with Crippen molar-refractivity contribution in [2.45, 2.75) is 19.8 Å². The lowest BCUT2D eigenvalue weighted by molar-refractivity contribution is -0.124. The van der Waals surface area contributed by atoms with E-state index in [1.807, 2.05) is 0 Å². The van der Waals surface area contributed by atoms with Gasteiger partial charge in [0, 0.05) is 19.7 Å². The first-order valence-electron chi connectivity index (χ1n) is 4.60. The number of nitrogens with zero attached hydrogens (tertiary/aromatic N) is 1. The maximum absolute atomic E-state index is 11.3. The Balaban J connectivity index is 2.39. The highest BCUT2D eigenvalue weighted by atomic mass is 16.3. The fourth-order valence-electron chi connectivity index (χ4n) is 1.62. The first-order valence-corrected chi connectivity index (χ1v) is 4.60. The van der Waals surface area contributed by atoms with E-state index in [1.165, 1.54) is 0 Å². The van der Waals surface area contributed by atoms with E-state index in [1.54, 1.807) is 11.8 Å². The van der Waals surface area contributed by atoms with E-state index in [0.29, 0.717) is 5.92 Å². The van der Waals surface area contributed by atoms with Crippen molar-refractivity contribution < 1.29 is 9.90 Å². The quantitative estimate of drug-likeness (QED) is 0.620. The van der Waals surface area contributed by atoms with Crippen LogP contribution in [0.5, 0.6) is 0 Å². The predicted molar refractivity (Wildman–Crippen MR) is 49.8 cm³/mol. The predicted octanol–water partition coefficient (Wildman–Crippen LogP) is 0.241. The number of hydrogen-bond donors (Lipinski definition) is 1. The van der Waals surface area contributed by atoms with Gasteiger partial charge in [-0.15, -0.1) is 0 Å². The minimum atomic E-state index is -0.0806. The van der Waals surface area contributed by atoms with Gasteiger partial charge in [-0.2, -0.15) is 0 Å². The van der Waals surface area contributed by atoms with Crippen LogP contribution in [0.1, 0.15) is 19.8 Å². The molecule has 1 aliphatic rings. The molecule has 1 aliphatic heterocycles. The molecule has 3 nitrogen and oxygen atoms in total. The summed E-state index contributed by atoms with van der Waals surface area (Å²) in [4.78, 5) is 13.0. The summed E-state index contributed by atoms with van der Waals surface area (Å²) in [6.07, 6.45) is 1.79. The molecule has 0 radical (unpaired) electrons. The van der Waals surface area contributed by atoms with Crippen molar-refractivity contribution in [1.29, 1.82) is 0 Å². The molecule has 0 aromatic rings. The minimum Gasteiger partial charge on any atom is -0.396 e. The Bertz CT molecular complexity index is 239. The zero-order valence-electron chi connectivity index (χ0n) is 7.92. The molecule has 1 heterocycles. The molecule has 1 rings (SSSR count). The van der Waals surface area contributed by atoms with Crippen LogP contribution in [-0.4, -0.2) is 35.6 Å². The van der Waals surface area contributed by atoms with Gasteiger partial charge < -0.3 is 10.0 Å². The van der Waals surface area contributed by atoms with Gasteiger partial charge in [-0.05, 0) is 31.6 Å². The van der Waals surface area contributed by atoms with E-state index in [9.17, 15) is 4.79 Å². The van der Waals surface area contributed by atoms with Crippen molar-refractivity contribution in [3.8, 4) is 11.8 Å². The van der Waals surface area contributed by atoms with E-state index < -0.39 is 0 Å². The Morgan fingerprint density at radius 1 is 1.69 bits per heavy atom. The minimum absolute atomic E-state index is 0.0806. The molecule has 1 amide bonds. The fourth-order valence-corrected chi connectivity index (χ4v) is 1.62. The zero-order valence-corrected chi connectivity index (χ0v) is 7.92. The average Bonchev–Trinajstić information content (AvgIpc) is 2.54. The van der Waals surface area contributed by atoms with Crippen molar-refractivity contribution in [3.05, 3.63) is 0 Å². The second-order valence-electron chi connectivity index (χ2n) is 3.29. The Labute approximate surface area is 78.7 Å². The Hall–Kier alpha value is -1.01. The Morgan fingerprint density at radius 3 is 3.08 bits per heavy atom. The van der Waals surface area contributed by atoms with Crippen LogP contribution < -0.4 is 0 Å². The molecule has 0 spiro atoms. The highest BCUT2D eigenvalue weighted by Gasteiger charge is 2.24. The topological polar surface area (TPSA) is 40.5 Å². The molecule has 0 saturated carbocycles. The molecule has 0 bridgehead atoms. The highest BCUT2D eigenvalue weighted by Crippen LogP contribution is 2.18. The summed E-state index contributed by atoms with van der Waals surface area (Å²) < 4.78 is 0. The lowest BCUT2D eigenvalue weighted by Gasteiger charge is -2.12. The number of likely N-dealkylation sites (tertiary alicyclic amines) is 1. The molecule has 1 fully saturated rings. The van der Waals surface area contributed by atoms with Crippen LogP contribution in [0.4, 0.5) is 0 Å². The molecule has 0 aromatic carbocycles. The molecule has 0 aromatic heterocycles. The van der Waals surface area contributed by atoms with Crippen molar-refractivity contribution in [2.75, 3.05) is 19.7 Å². The second-order valence-corrected chi connectivity index (χ2v) is 3.29. The zero-order chi connectivity index (χ0) is 9.68. The van der Waals surface area contributed by atoms with E-state index in [0.717, 1.165) is 25.9 Å². The molecular weight excluding hydrogens is 166 g/mol. The molecule has 0 aliphatic carbocycles. The third-order valence-electron chi connectivity index (χ3n) is 2.34. The van der Waals surface area contributed by atoms with Gasteiger partial charge in [-0.3, -0.25) is 4.79 Å². The van der Waals surface area contributed by atoms with Crippen molar-refractivity contribution in [1.82, 2.24) is 4.90 Å². The van der Waals surface area contributed by atoms with Gasteiger partial charge in [0.25, 0.3) is 5.91 Å². The largest absolute Gasteiger partial charge is 0.396 e. The molecule has 72 valence electrons. The molecule has 1 N–H and O–H groups in total. The summed E-state index contributed by atoms with van der Waals surface area (Å²) in [5, 5.41) is 8.72. The first-order chi connectivity index (χ1) is 6.27. The van der Waals surface area contributed by atoms with E-state index in [-0.39, 0.29) is 12.5 Å². The third kappa shape index (κ3) is 2.74. The van der Waals surface area contributed by atoms with Gasteiger partial charge in [-0.1, -0.05) is 5.92 Å². The summed E-state index contributed by atoms with van der Waals surface area (Å²) in [6, 6.07) is 0. The molecule has 13 heavy (non-hydrogen) atoms. The normalized spacial score (nSPS) is 21.1. The molecular formula is C10H15NO2. The molecule has 1 unspecified atom stereocenters. The van der Waals surface area contributed by atoms with E-state index in [2.05, 4.69) is 11.8 Å². The summed E-state index contributed by atoms with van der Waals surface area (Å²) in [5.74, 6) is 5.51. The third-order valence-corrected chi connectivity index (χ3v) is 2.34. The summed E-state index contributed by atoms with van der Waals surface area (Å²) in [7, 11) is 0. The van der Waals surface area contributed by atoms with Crippen LogP contribution in [-0.2, 0) is 4.79 Å². The number of hydrogen-bond acceptors (Lipinski definition) is 2. The number of amides is 1. The van der Waals surface area contributed by atoms with Crippen molar-refractivity contribution >= 4 is 5.91 Å². The standard InChI is InChI=1S/C10H15NO2/c1-2-3-10(13)11-6-4-9(8-11)5-7-12/h9,12H,4-8H2,1H3. The van der Waals surface area contributed by atoms with Crippen molar-refractivity contribution in [2.24, 2.45) is 5.92 Å². The summed E-state index contributed by atoms with van der Waals surface area (Å²) in [6.45, 7) is 3.43. The SMILES string of the molecule is CC#CC(=O)N1CCC(CCO)C1. The van der Waals surface area contributed by atoms with E-state index >= 15 is 0 Å². The number of aliphatic hydroxyl groups excluding tert-OH is 1. The van der Waals surface area contributed by atoms with Crippen molar-refractivity contribution in [3.63, 3.8) is 0 Å². The average molecular weight is 181 g/mol. The van der Waals surface area contributed by atoms with Gasteiger partial charge in [-0.25, -0.2) is 0 Å². The summed E-state index contributed by atoms with van der Waals surface area (Å²) in [5.41, 5.74) is 0. The van der Waals surface area contributed by atoms with Crippen LogP contribution in [0, 0.1) is 17.8 Å². The van der Waals surface area contributed by atoms with Gasteiger partial charge in [0.05, 0.1) is 0 Å². The Morgan fingerprint density at radius 2 is 2.46 bits per heavy atom. The van der Waals surface area contributed by atoms with Gasteiger partial charge in [0.1, 0.15) is 0 Å². The van der Waals surface area contributed by atoms with Gasteiger partial charge >= 0.3 is 0 Å². The maximum atomic E-state index is 11.3. The number of rotatable bonds is 2. The first kappa shape index (κ1) is 10.1. The van der Waals surface area contributed by atoms with Crippen LogP contribution in [0.2, 0.25) is 0 Å². The Kier molecular flexibility index (Phi) is 3.78. The van der Waals surface area contributed by atoms with Crippen LogP contribution in [0.15, 0.2) is 0 Å². The number of carbonyl (C=O) groups is 1. The van der Waals surface area contributed by atoms with E-state index in [4.69, 9.17) is 5.11 Å². The van der Waals surface area contributed by atoms with Gasteiger partial charge in [0.2, 0.25) is 0 Å². The second kappa shape index (κ2) is 4.88. The lowest BCUT2D eigenvalue weighted by Crippen LogP contribution is -2.27. The highest BCUT2D eigenvalue weighted by molar-refractivity contribution is 5.93.